The molecule has 1 saturated heterocycles. The fourth-order valence-electron chi connectivity index (χ4n) is 4.03. The van der Waals surface area contributed by atoms with Crippen LogP contribution in [-0.4, -0.2) is 36.0 Å². The van der Waals surface area contributed by atoms with Gasteiger partial charge in [0, 0.05) is 13.0 Å². The number of hydrogen-bond acceptors (Lipinski definition) is 3. The summed E-state index contributed by atoms with van der Waals surface area (Å²) in [5.41, 5.74) is 1.16. The number of esters is 1. The maximum Gasteiger partial charge on any atom is 0.328 e. The van der Waals surface area contributed by atoms with Gasteiger partial charge in [0.2, 0.25) is 5.91 Å². The summed E-state index contributed by atoms with van der Waals surface area (Å²) in [5.74, 6) is -0.147. The van der Waals surface area contributed by atoms with Gasteiger partial charge in [-0.25, -0.2) is 4.79 Å². The van der Waals surface area contributed by atoms with Crippen LogP contribution in [0.3, 0.4) is 0 Å². The van der Waals surface area contributed by atoms with E-state index in [0.717, 1.165) is 37.7 Å². The Morgan fingerprint density at radius 1 is 0.966 bits per heavy atom. The van der Waals surface area contributed by atoms with Crippen molar-refractivity contribution >= 4 is 11.9 Å². The number of carbonyl (C=O) groups excluding carboxylic acids is 2. The highest BCUT2D eigenvalue weighted by Gasteiger charge is 2.34. The fraction of sp³-hybridized carbons (Fsp3) is 0.680. The third-order valence-corrected chi connectivity index (χ3v) is 5.81. The van der Waals surface area contributed by atoms with Crippen LogP contribution in [-0.2, 0) is 20.7 Å². The SMILES string of the molecule is CCCCCCCCCCCOC(=O)C1CCCN1C(=O)CCc1ccccc1. The van der Waals surface area contributed by atoms with Gasteiger partial charge >= 0.3 is 5.97 Å². The molecule has 0 aliphatic carbocycles. The summed E-state index contributed by atoms with van der Waals surface area (Å²) in [4.78, 5) is 26.8. The average molecular weight is 402 g/mol. The maximum atomic E-state index is 12.6. The lowest BCUT2D eigenvalue weighted by Crippen LogP contribution is -2.41. The van der Waals surface area contributed by atoms with Crippen molar-refractivity contribution in [3.63, 3.8) is 0 Å². The van der Waals surface area contributed by atoms with E-state index in [0.29, 0.717) is 19.6 Å². The molecule has 1 amide bonds. The van der Waals surface area contributed by atoms with Crippen LogP contribution < -0.4 is 0 Å². The molecular formula is C25H39NO3. The van der Waals surface area contributed by atoms with E-state index in [9.17, 15) is 9.59 Å². The lowest BCUT2D eigenvalue weighted by Gasteiger charge is -2.23. The molecule has 0 saturated carbocycles. The quantitative estimate of drug-likeness (QED) is 0.297. The number of amides is 1. The second-order valence-electron chi connectivity index (χ2n) is 8.23. The molecule has 162 valence electrons. The minimum absolute atomic E-state index is 0.0661. The smallest absolute Gasteiger partial charge is 0.328 e. The Hall–Kier alpha value is -1.84. The molecule has 1 aromatic rings. The minimum atomic E-state index is -0.378. The summed E-state index contributed by atoms with van der Waals surface area (Å²) in [6.07, 6.45) is 14.0. The van der Waals surface area contributed by atoms with Crippen LogP contribution in [0, 0.1) is 0 Å². The van der Waals surface area contributed by atoms with Crippen molar-refractivity contribution in [3.05, 3.63) is 35.9 Å². The number of carbonyl (C=O) groups is 2. The molecule has 1 aromatic carbocycles. The van der Waals surface area contributed by atoms with Crippen LogP contribution in [0.25, 0.3) is 0 Å². The van der Waals surface area contributed by atoms with Crippen LogP contribution >= 0.6 is 0 Å². The largest absolute Gasteiger partial charge is 0.464 e. The van der Waals surface area contributed by atoms with E-state index in [1.807, 2.05) is 30.3 Å². The molecule has 0 aromatic heterocycles. The lowest BCUT2D eigenvalue weighted by atomic mass is 10.1. The Labute approximate surface area is 177 Å². The standard InChI is InChI=1S/C25H39NO3/c1-2-3-4-5-6-7-8-9-13-21-29-25(28)23-17-14-20-26(23)24(27)19-18-22-15-11-10-12-16-22/h10-12,15-16,23H,2-9,13-14,17-21H2,1H3. The number of ether oxygens (including phenoxy) is 1. The number of unbranched alkanes of at least 4 members (excludes halogenated alkanes) is 8. The first-order valence-electron chi connectivity index (χ1n) is 11.7. The van der Waals surface area contributed by atoms with Gasteiger partial charge in [0.25, 0.3) is 0 Å². The Morgan fingerprint density at radius 2 is 1.62 bits per heavy atom. The molecule has 1 atom stereocenters. The van der Waals surface area contributed by atoms with Crippen molar-refractivity contribution < 1.29 is 14.3 Å². The summed E-state index contributed by atoms with van der Waals surface area (Å²) in [5, 5.41) is 0. The molecule has 29 heavy (non-hydrogen) atoms. The minimum Gasteiger partial charge on any atom is -0.464 e. The van der Waals surface area contributed by atoms with Crippen molar-refractivity contribution in [3.8, 4) is 0 Å². The van der Waals surface area contributed by atoms with E-state index in [-0.39, 0.29) is 17.9 Å². The molecule has 4 heteroatoms. The van der Waals surface area contributed by atoms with E-state index in [1.165, 1.54) is 44.9 Å². The second kappa shape index (κ2) is 14.2. The molecule has 1 fully saturated rings. The molecule has 1 aliphatic rings. The first kappa shape index (κ1) is 23.4. The Morgan fingerprint density at radius 3 is 2.31 bits per heavy atom. The van der Waals surface area contributed by atoms with E-state index < -0.39 is 0 Å². The van der Waals surface area contributed by atoms with Crippen molar-refractivity contribution in [2.24, 2.45) is 0 Å². The number of hydrogen-bond donors (Lipinski definition) is 0. The first-order chi connectivity index (χ1) is 14.2. The Kier molecular flexibility index (Phi) is 11.5. The molecule has 1 unspecified atom stereocenters. The molecule has 0 spiro atoms. The monoisotopic (exact) mass is 401 g/mol. The summed E-state index contributed by atoms with van der Waals surface area (Å²) >= 11 is 0. The van der Waals surface area contributed by atoms with E-state index in [2.05, 4.69) is 6.92 Å². The highest BCUT2D eigenvalue weighted by atomic mass is 16.5. The molecule has 0 N–H and O–H groups in total. The van der Waals surface area contributed by atoms with Gasteiger partial charge in [-0.3, -0.25) is 4.79 Å². The highest BCUT2D eigenvalue weighted by molar-refractivity contribution is 5.85. The predicted molar refractivity (Wildman–Crippen MR) is 118 cm³/mol. The van der Waals surface area contributed by atoms with Gasteiger partial charge in [0.1, 0.15) is 6.04 Å². The van der Waals surface area contributed by atoms with Gasteiger partial charge < -0.3 is 9.64 Å². The lowest BCUT2D eigenvalue weighted by molar-refractivity contribution is -0.153. The third-order valence-electron chi connectivity index (χ3n) is 5.81. The van der Waals surface area contributed by atoms with Gasteiger partial charge in [-0.15, -0.1) is 0 Å². The molecule has 1 heterocycles. The van der Waals surface area contributed by atoms with Gasteiger partial charge in [-0.2, -0.15) is 0 Å². The maximum absolute atomic E-state index is 12.6. The number of rotatable bonds is 14. The van der Waals surface area contributed by atoms with Gasteiger partial charge in [-0.1, -0.05) is 88.6 Å². The highest BCUT2D eigenvalue weighted by Crippen LogP contribution is 2.20. The summed E-state index contributed by atoms with van der Waals surface area (Å²) in [6.45, 7) is 3.40. The number of likely N-dealkylation sites (tertiary alicyclic amines) is 1. The predicted octanol–water partition coefficient (Wildman–Crippen LogP) is 5.68. The van der Waals surface area contributed by atoms with Crippen molar-refractivity contribution in [2.75, 3.05) is 13.2 Å². The first-order valence-corrected chi connectivity index (χ1v) is 11.7. The van der Waals surface area contributed by atoms with Gasteiger partial charge in [0.15, 0.2) is 0 Å². The third kappa shape index (κ3) is 9.01. The van der Waals surface area contributed by atoms with Crippen LogP contribution in [0.4, 0.5) is 0 Å². The summed E-state index contributed by atoms with van der Waals surface area (Å²) in [6, 6.07) is 9.65. The molecule has 0 radical (unpaired) electrons. The van der Waals surface area contributed by atoms with E-state index in [4.69, 9.17) is 4.74 Å². The Bertz CT molecular complexity index is 587. The summed E-state index contributed by atoms with van der Waals surface area (Å²) < 4.78 is 5.50. The zero-order valence-electron chi connectivity index (χ0n) is 18.2. The van der Waals surface area contributed by atoms with E-state index in [1.54, 1.807) is 4.90 Å². The van der Waals surface area contributed by atoms with Crippen molar-refractivity contribution in [1.29, 1.82) is 0 Å². The normalized spacial score (nSPS) is 16.2. The molecular weight excluding hydrogens is 362 g/mol. The van der Waals surface area contributed by atoms with Crippen LogP contribution in [0.2, 0.25) is 0 Å². The molecule has 2 rings (SSSR count). The van der Waals surface area contributed by atoms with Gasteiger partial charge in [-0.05, 0) is 31.2 Å². The van der Waals surface area contributed by atoms with E-state index >= 15 is 0 Å². The van der Waals surface area contributed by atoms with Crippen LogP contribution in [0.15, 0.2) is 30.3 Å². The second-order valence-corrected chi connectivity index (χ2v) is 8.23. The average Bonchev–Trinajstić information content (AvgIpc) is 3.24. The zero-order valence-corrected chi connectivity index (χ0v) is 18.2. The number of benzene rings is 1. The van der Waals surface area contributed by atoms with Crippen LogP contribution in [0.1, 0.15) is 89.5 Å². The van der Waals surface area contributed by atoms with Crippen molar-refractivity contribution in [2.45, 2.75) is 96.4 Å². The Balaban J connectivity index is 1.58. The van der Waals surface area contributed by atoms with Crippen molar-refractivity contribution in [1.82, 2.24) is 4.90 Å². The van der Waals surface area contributed by atoms with Gasteiger partial charge in [0.05, 0.1) is 6.61 Å². The number of nitrogens with zero attached hydrogens (tertiary/aromatic N) is 1. The topological polar surface area (TPSA) is 46.6 Å². The summed E-state index contributed by atoms with van der Waals surface area (Å²) in [7, 11) is 0. The fourth-order valence-corrected chi connectivity index (χ4v) is 4.03. The molecule has 0 bridgehead atoms. The molecule has 1 aliphatic heterocycles. The molecule has 4 nitrogen and oxygen atoms in total. The number of aryl methyl sites for hydroxylation is 1. The van der Waals surface area contributed by atoms with Crippen LogP contribution in [0.5, 0.6) is 0 Å². The zero-order chi connectivity index (χ0) is 20.7.